The van der Waals surface area contributed by atoms with Crippen LogP contribution in [0, 0.1) is 6.92 Å². The smallest absolute Gasteiger partial charge is 0.0603 e. The third-order valence-corrected chi connectivity index (χ3v) is 2.68. The molecule has 0 atom stereocenters. The van der Waals surface area contributed by atoms with Crippen LogP contribution in [0.3, 0.4) is 0 Å². The van der Waals surface area contributed by atoms with Gasteiger partial charge in [-0.1, -0.05) is 12.1 Å². The average molecular weight is 215 g/mol. The fourth-order valence-corrected chi connectivity index (χ4v) is 1.78. The molecule has 3 heteroatoms. The molecule has 84 valence electrons. The van der Waals surface area contributed by atoms with E-state index in [1.807, 2.05) is 24.5 Å². The van der Waals surface area contributed by atoms with Gasteiger partial charge in [0.25, 0.3) is 0 Å². The number of nitrogens with one attached hydrogen (secondary N) is 2. The van der Waals surface area contributed by atoms with Crippen molar-refractivity contribution in [1.29, 1.82) is 0 Å². The molecule has 0 saturated heterocycles. The van der Waals surface area contributed by atoms with Gasteiger partial charge in [0, 0.05) is 18.9 Å². The SMILES string of the molecule is Cc1cccc(N)c1NCCc1cc[nH]c1. The van der Waals surface area contributed by atoms with E-state index in [1.54, 1.807) is 0 Å². The summed E-state index contributed by atoms with van der Waals surface area (Å²) in [4.78, 5) is 3.05. The number of aryl methyl sites for hydroxylation is 1. The van der Waals surface area contributed by atoms with Gasteiger partial charge < -0.3 is 16.0 Å². The number of aromatic nitrogens is 1. The highest BCUT2D eigenvalue weighted by molar-refractivity contribution is 5.69. The Labute approximate surface area is 95.7 Å². The van der Waals surface area contributed by atoms with Gasteiger partial charge in [-0.25, -0.2) is 0 Å². The van der Waals surface area contributed by atoms with E-state index in [9.17, 15) is 0 Å². The molecular formula is C13H17N3. The summed E-state index contributed by atoms with van der Waals surface area (Å²) < 4.78 is 0. The molecule has 0 radical (unpaired) electrons. The van der Waals surface area contributed by atoms with Crippen molar-refractivity contribution >= 4 is 11.4 Å². The Morgan fingerprint density at radius 3 is 2.88 bits per heavy atom. The minimum absolute atomic E-state index is 0.814. The third-order valence-electron chi connectivity index (χ3n) is 2.68. The van der Waals surface area contributed by atoms with Gasteiger partial charge in [0.15, 0.2) is 0 Å². The second-order valence-corrected chi connectivity index (χ2v) is 3.94. The van der Waals surface area contributed by atoms with Gasteiger partial charge in [-0.2, -0.15) is 0 Å². The van der Waals surface area contributed by atoms with Crippen molar-refractivity contribution in [1.82, 2.24) is 4.98 Å². The van der Waals surface area contributed by atoms with Crippen molar-refractivity contribution in [2.75, 3.05) is 17.6 Å². The standard InChI is InChI=1S/C13H17N3/c1-10-3-2-4-12(14)13(10)16-8-6-11-5-7-15-9-11/h2-5,7,9,15-16H,6,8,14H2,1H3. The molecule has 0 aliphatic rings. The van der Waals surface area contributed by atoms with Crippen LogP contribution in [-0.2, 0) is 6.42 Å². The van der Waals surface area contributed by atoms with E-state index < -0.39 is 0 Å². The molecular weight excluding hydrogens is 198 g/mol. The van der Waals surface area contributed by atoms with Gasteiger partial charge in [-0.15, -0.1) is 0 Å². The highest BCUT2D eigenvalue weighted by Gasteiger charge is 2.01. The highest BCUT2D eigenvalue weighted by atomic mass is 14.9. The van der Waals surface area contributed by atoms with Crippen molar-refractivity contribution in [2.24, 2.45) is 0 Å². The van der Waals surface area contributed by atoms with E-state index in [0.29, 0.717) is 0 Å². The van der Waals surface area contributed by atoms with Crippen molar-refractivity contribution < 1.29 is 0 Å². The van der Waals surface area contributed by atoms with Gasteiger partial charge in [-0.3, -0.25) is 0 Å². The van der Waals surface area contributed by atoms with E-state index in [1.165, 1.54) is 11.1 Å². The molecule has 4 N–H and O–H groups in total. The second-order valence-electron chi connectivity index (χ2n) is 3.94. The molecule has 0 aliphatic carbocycles. The Hall–Kier alpha value is -1.90. The van der Waals surface area contributed by atoms with Crippen LogP contribution < -0.4 is 11.1 Å². The maximum Gasteiger partial charge on any atom is 0.0603 e. The first-order chi connectivity index (χ1) is 7.77. The van der Waals surface area contributed by atoms with Crippen molar-refractivity contribution in [3.8, 4) is 0 Å². The lowest BCUT2D eigenvalue weighted by Crippen LogP contribution is -2.07. The van der Waals surface area contributed by atoms with Crippen LogP contribution in [0.1, 0.15) is 11.1 Å². The first kappa shape index (κ1) is 10.6. The van der Waals surface area contributed by atoms with Crippen molar-refractivity contribution in [2.45, 2.75) is 13.3 Å². The Morgan fingerprint density at radius 2 is 2.19 bits per heavy atom. The fraction of sp³-hybridized carbons (Fsp3) is 0.231. The molecule has 1 heterocycles. The minimum atomic E-state index is 0.814. The van der Waals surface area contributed by atoms with Crippen molar-refractivity contribution in [3.05, 3.63) is 47.8 Å². The summed E-state index contributed by atoms with van der Waals surface area (Å²) in [5, 5.41) is 3.38. The van der Waals surface area contributed by atoms with Gasteiger partial charge in [0.05, 0.1) is 11.4 Å². The molecule has 0 unspecified atom stereocenters. The number of aromatic amines is 1. The molecule has 0 bridgehead atoms. The van der Waals surface area contributed by atoms with Gasteiger partial charge in [0.2, 0.25) is 0 Å². The van der Waals surface area contributed by atoms with Crippen LogP contribution in [0.4, 0.5) is 11.4 Å². The largest absolute Gasteiger partial charge is 0.397 e. The monoisotopic (exact) mass is 215 g/mol. The summed E-state index contributed by atoms with van der Waals surface area (Å²) in [5.41, 5.74) is 10.3. The number of benzene rings is 1. The van der Waals surface area contributed by atoms with Crippen molar-refractivity contribution in [3.63, 3.8) is 0 Å². The van der Waals surface area contributed by atoms with Gasteiger partial charge in [0.1, 0.15) is 0 Å². The quantitative estimate of drug-likeness (QED) is 0.686. The molecule has 0 saturated carbocycles. The molecule has 0 aliphatic heterocycles. The van der Waals surface area contributed by atoms with E-state index in [4.69, 9.17) is 5.73 Å². The van der Waals surface area contributed by atoms with Gasteiger partial charge >= 0.3 is 0 Å². The lowest BCUT2D eigenvalue weighted by Gasteiger charge is -2.11. The molecule has 3 nitrogen and oxygen atoms in total. The molecule has 16 heavy (non-hydrogen) atoms. The zero-order chi connectivity index (χ0) is 11.4. The molecule has 0 amide bonds. The summed E-state index contributed by atoms with van der Waals surface area (Å²) in [5.74, 6) is 0. The Bertz CT molecular complexity index is 426. The summed E-state index contributed by atoms with van der Waals surface area (Å²) in [6, 6.07) is 8.05. The normalized spacial score (nSPS) is 10.3. The summed E-state index contributed by atoms with van der Waals surface area (Å²) in [6.07, 6.45) is 4.96. The zero-order valence-corrected chi connectivity index (χ0v) is 9.46. The number of rotatable bonds is 4. The van der Waals surface area contributed by atoms with Crippen LogP contribution in [0.25, 0.3) is 0 Å². The van der Waals surface area contributed by atoms with Crippen LogP contribution in [0.5, 0.6) is 0 Å². The van der Waals surface area contributed by atoms with Crippen LogP contribution >= 0.6 is 0 Å². The number of hydrogen-bond donors (Lipinski definition) is 3. The fourth-order valence-electron chi connectivity index (χ4n) is 1.78. The third kappa shape index (κ3) is 2.37. The number of anilines is 2. The van der Waals surface area contributed by atoms with E-state index in [2.05, 4.69) is 29.4 Å². The topological polar surface area (TPSA) is 53.8 Å². The highest BCUT2D eigenvalue weighted by Crippen LogP contribution is 2.22. The number of hydrogen-bond acceptors (Lipinski definition) is 2. The number of H-pyrrole nitrogens is 1. The van der Waals surface area contributed by atoms with E-state index in [-0.39, 0.29) is 0 Å². The molecule has 1 aromatic carbocycles. The summed E-state index contributed by atoms with van der Waals surface area (Å²) in [7, 11) is 0. The second kappa shape index (κ2) is 4.75. The zero-order valence-electron chi connectivity index (χ0n) is 9.46. The summed E-state index contributed by atoms with van der Waals surface area (Å²) >= 11 is 0. The van der Waals surface area contributed by atoms with Crippen LogP contribution in [-0.4, -0.2) is 11.5 Å². The van der Waals surface area contributed by atoms with E-state index in [0.717, 1.165) is 24.3 Å². The Kier molecular flexibility index (Phi) is 3.15. The lowest BCUT2D eigenvalue weighted by atomic mass is 10.1. The maximum atomic E-state index is 5.91. The van der Waals surface area contributed by atoms with E-state index >= 15 is 0 Å². The number of nitrogen functional groups attached to an aromatic ring is 1. The van der Waals surface area contributed by atoms with Gasteiger partial charge in [-0.05, 0) is 36.6 Å². The molecule has 0 spiro atoms. The Morgan fingerprint density at radius 1 is 1.31 bits per heavy atom. The van der Waals surface area contributed by atoms with Crippen LogP contribution in [0.2, 0.25) is 0 Å². The minimum Gasteiger partial charge on any atom is -0.397 e. The molecule has 0 fully saturated rings. The predicted molar refractivity (Wildman–Crippen MR) is 68.6 cm³/mol. The maximum absolute atomic E-state index is 5.91. The first-order valence-corrected chi connectivity index (χ1v) is 5.48. The molecule has 2 aromatic rings. The average Bonchev–Trinajstić information content (AvgIpc) is 2.75. The number of nitrogens with two attached hydrogens (primary N) is 1. The number of para-hydroxylation sites is 1. The molecule has 2 rings (SSSR count). The first-order valence-electron chi connectivity index (χ1n) is 5.48. The Balaban J connectivity index is 1.95. The predicted octanol–water partition coefficient (Wildman–Crippen LogP) is 2.56. The molecule has 1 aromatic heterocycles. The summed E-state index contributed by atoms with van der Waals surface area (Å²) in [6.45, 7) is 2.96. The lowest BCUT2D eigenvalue weighted by molar-refractivity contribution is 1.02. The van der Waals surface area contributed by atoms with Crippen LogP contribution in [0.15, 0.2) is 36.7 Å².